The molecule has 2 aliphatic heterocycles. The van der Waals surface area contributed by atoms with E-state index in [-0.39, 0.29) is 0 Å². The van der Waals surface area contributed by atoms with Crippen molar-refractivity contribution >= 4 is 23.0 Å². The second-order valence-electron chi connectivity index (χ2n) is 9.18. The lowest BCUT2D eigenvalue weighted by molar-refractivity contribution is -0.120. The summed E-state index contributed by atoms with van der Waals surface area (Å²) in [7, 11) is 1.81. The molecule has 0 radical (unpaired) electrons. The van der Waals surface area contributed by atoms with Crippen LogP contribution >= 0.6 is 0 Å². The summed E-state index contributed by atoms with van der Waals surface area (Å²) in [5.74, 6) is -0.909. The number of aryl methyl sites for hydroxylation is 1. The van der Waals surface area contributed by atoms with E-state index < -0.39 is 11.8 Å². The molecule has 2 aromatic carbocycles. The van der Waals surface area contributed by atoms with Crippen LogP contribution in [-0.2, 0) is 22.6 Å². The van der Waals surface area contributed by atoms with Crippen molar-refractivity contribution in [1.82, 2.24) is 15.6 Å². The molecule has 8 nitrogen and oxygen atoms in total. The molecule has 0 aromatic heterocycles. The minimum Gasteiger partial charge on any atom is -0.389 e. The first-order valence-electron chi connectivity index (χ1n) is 12.2. The molecule has 8 heteroatoms. The van der Waals surface area contributed by atoms with Crippen LogP contribution in [0.25, 0.3) is 5.70 Å². The second-order valence-corrected chi connectivity index (χ2v) is 9.18. The number of ether oxygens (including phenoxy) is 1. The third-order valence-corrected chi connectivity index (χ3v) is 6.79. The van der Waals surface area contributed by atoms with E-state index in [2.05, 4.69) is 64.4 Å². The standard InChI is InChI=1S/C27H36N6O2/c1-17-5-10-23-22(15-30-32-23)24(17)26(25(29-4)18(2)27(28)34)31-19(3)21-8-6-20(7-9-21)16-33-11-13-35-14-12-33/h5-10,18,29-30,32H,11-16H2,1-4H3,(H2,28,34)/b26-25+,31-19?. The number of carbonyl (C=O) groups excluding carboxylic acids is 1. The van der Waals surface area contributed by atoms with Crippen LogP contribution in [0.15, 0.2) is 47.1 Å². The normalized spacial score (nSPS) is 17.9. The first-order valence-corrected chi connectivity index (χ1v) is 12.2. The van der Waals surface area contributed by atoms with Gasteiger partial charge in [-0.3, -0.25) is 14.7 Å². The molecule has 1 amide bonds. The Kier molecular flexibility index (Phi) is 7.85. The van der Waals surface area contributed by atoms with Crippen molar-refractivity contribution in [2.24, 2.45) is 16.6 Å². The zero-order valence-corrected chi connectivity index (χ0v) is 21.1. The highest BCUT2D eigenvalue weighted by molar-refractivity contribution is 6.02. The number of amides is 1. The van der Waals surface area contributed by atoms with Crippen LogP contribution in [0.4, 0.5) is 5.69 Å². The van der Waals surface area contributed by atoms with Gasteiger partial charge in [-0.05, 0) is 43.5 Å². The molecule has 35 heavy (non-hydrogen) atoms. The fourth-order valence-corrected chi connectivity index (χ4v) is 4.66. The number of anilines is 1. The fraction of sp³-hybridized carbons (Fsp3) is 0.407. The molecule has 5 N–H and O–H groups in total. The third kappa shape index (κ3) is 5.56. The molecule has 4 rings (SSSR count). The Balaban J connectivity index is 1.73. The number of fused-ring (bicyclic) bond motifs is 1. The van der Waals surface area contributed by atoms with Crippen LogP contribution in [0.3, 0.4) is 0 Å². The number of carbonyl (C=O) groups is 1. The monoisotopic (exact) mass is 476 g/mol. The van der Waals surface area contributed by atoms with E-state index in [1.165, 1.54) is 5.56 Å². The van der Waals surface area contributed by atoms with Crippen molar-refractivity contribution in [2.45, 2.75) is 33.9 Å². The average Bonchev–Trinajstić information content (AvgIpc) is 3.33. The van der Waals surface area contributed by atoms with Crippen LogP contribution in [0, 0.1) is 12.8 Å². The predicted molar refractivity (Wildman–Crippen MR) is 141 cm³/mol. The van der Waals surface area contributed by atoms with Crippen LogP contribution in [0.2, 0.25) is 0 Å². The molecular weight excluding hydrogens is 440 g/mol. The van der Waals surface area contributed by atoms with E-state index in [9.17, 15) is 4.79 Å². The van der Waals surface area contributed by atoms with E-state index in [0.29, 0.717) is 12.2 Å². The zero-order valence-electron chi connectivity index (χ0n) is 21.1. The maximum atomic E-state index is 12.2. The third-order valence-electron chi connectivity index (χ3n) is 6.79. The molecular formula is C27H36N6O2. The van der Waals surface area contributed by atoms with Gasteiger partial charge >= 0.3 is 0 Å². The summed E-state index contributed by atoms with van der Waals surface area (Å²) < 4.78 is 5.45. The lowest BCUT2D eigenvalue weighted by Gasteiger charge is -2.26. The molecule has 1 atom stereocenters. The van der Waals surface area contributed by atoms with Gasteiger partial charge in [0.1, 0.15) is 0 Å². The minimum absolute atomic E-state index is 0.395. The van der Waals surface area contributed by atoms with Gasteiger partial charge in [-0.2, -0.15) is 0 Å². The number of nitrogens with one attached hydrogen (secondary N) is 3. The number of hydrazine groups is 1. The summed E-state index contributed by atoms with van der Waals surface area (Å²) in [6, 6.07) is 12.7. The highest BCUT2D eigenvalue weighted by Gasteiger charge is 2.25. The van der Waals surface area contributed by atoms with E-state index in [1.54, 1.807) is 0 Å². The van der Waals surface area contributed by atoms with Crippen molar-refractivity contribution in [1.29, 1.82) is 0 Å². The van der Waals surface area contributed by atoms with Gasteiger partial charge in [0.05, 0.1) is 30.5 Å². The summed E-state index contributed by atoms with van der Waals surface area (Å²) in [5, 5.41) is 3.23. The Morgan fingerprint density at radius 1 is 1.20 bits per heavy atom. The average molecular weight is 477 g/mol. The highest BCUT2D eigenvalue weighted by atomic mass is 16.5. The number of morpholine rings is 1. The molecule has 0 aliphatic carbocycles. The highest BCUT2D eigenvalue weighted by Crippen LogP contribution is 2.35. The number of benzene rings is 2. The first kappa shape index (κ1) is 24.9. The molecule has 2 aliphatic rings. The quantitative estimate of drug-likeness (QED) is 0.437. The van der Waals surface area contributed by atoms with Crippen molar-refractivity contribution in [3.8, 4) is 0 Å². The predicted octanol–water partition coefficient (Wildman–Crippen LogP) is 2.78. The number of hydrogen-bond acceptors (Lipinski definition) is 7. The van der Waals surface area contributed by atoms with Gasteiger partial charge in [0.2, 0.25) is 5.91 Å². The zero-order chi connectivity index (χ0) is 24.9. The Labute approximate surface area is 207 Å². The molecule has 2 aromatic rings. The topological polar surface area (TPSA) is 104 Å². The molecule has 186 valence electrons. The van der Waals surface area contributed by atoms with Gasteiger partial charge in [-0.15, -0.1) is 0 Å². The van der Waals surface area contributed by atoms with E-state index in [4.69, 9.17) is 15.5 Å². The Hall–Kier alpha value is -3.20. The Bertz CT molecular complexity index is 1130. The van der Waals surface area contributed by atoms with Gasteiger partial charge in [-0.1, -0.05) is 30.3 Å². The number of hydrogen-bond donors (Lipinski definition) is 4. The summed E-state index contributed by atoms with van der Waals surface area (Å²) >= 11 is 0. The molecule has 2 heterocycles. The lowest BCUT2D eigenvalue weighted by atomic mass is 9.93. The molecule has 1 unspecified atom stereocenters. The number of rotatable bonds is 8. The molecule has 1 saturated heterocycles. The van der Waals surface area contributed by atoms with Crippen LogP contribution in [-0.4, -0.2) is 49.9 Å². The Morgan fingerprint density at radius 3 is 2.57 bits per heavy atom. The van der Waals surface area contributed by atoms with E-state index in [0.717, 1.165) is 72.2 Å². The van der Waals surface area contributed by atoms with E-state index in [1.807, 2.05) is 20.9 Å². The van der Waals surface area contributed by atoms with Crippen molar-refractivity contribution < 1.29 is 9.53 Å². The molecule has 0 spiro atoms. The summed E-state index contributed by atoms with van der Waals surface area (Å²) in [5.41, 5.74) is 21.0. The minimum atomic E-state index is -0.514. The first-order chi connectivity index (χ1) is 16.9. The number of primary amides is 1. The number of nitrogens with zero attached hydrogens (tertiary/aromatic N) is 2. The maximum Gasteiger partial charge on any atom is 0.226 e. The van der Waals surface area contributed by atoms with Gasteiger partial charge in [-0.25, -0.2) is 5.43 Å². The lowest BCUT2D eigenvalue weighted by Crippen LogP contribution is -2.35. The van der Waals surface area contributed by atoms with Gasteiger partial charge < -0.3 is 21.2 Å². The summed E-state index contributed by atoms with van der Waals surface area (Å²) in [6.07, 6.45) is 0. The second kappa shape index (κ2) is 11.0. The molecule has 0 saturated carbocycles. The maximum absolute atomic E-state index is 12.2. The largest absolute Gasteiger partial charge is 0.389 e. The number of nitrogens with two attached hydrogens (primary N) is 1. The van der Waals surface area contributed by atoms with Gasteiger partial charge in [0.15, 0.2) is 0 Å². The smallest absolute Gasteiger partial charge is 0.226 e. The molecule has 1 fully saturated rings. The van der Waals surface area contributed by atoms with Crippen molar-refractivity contribution in [3.05, 3.63) is 69.9 Å². The Morgan fingerprint density at radius 2 is 1.91 bits per heavy atom. The van der Waals surface area contributed by atoms with Gasteiger partial charge in [0.25, 0.3) is 0 Å². The van der Waals surface area contributed by atoms with E-state index >= 15 is 0 Å². The summed E-state index contributed by atoms with van der Waals surface area (Å²) in [4.78, 5) is 19.7. The number of aliphatic imine (C=N–C) groups is 1. The van der Waals surface area contributed by atoms with Gasteiger partial charge in [0, 0.05) is 55.8 Å². The SMILES string of the molecule is CN/C(=C(/N=C(C)c1ccc(CN2CCOCC2)cc1)c1c(C)ccc2c1CNN2)C(C)C(N)=O. The summed E-state index contributed by atoms with van der Waals surface area (Å²) in [6.45, 7) is 11.0. The van der Waals surface area contributed by atoms with Crippen molar-refractivity contribution in [2.75, 3.05) is 38.8 Å². The fourth-order valence-electron chi connectivity index (χ4n) is 4.66. The molecule has 0 bridgehead atoms. The van der Waals surface area contributed by atoms with Crippen LogP contribution in [0.1, 0.15) is 41.7 Å². The van der Waals surface area contributed by atoms with Crippen molar-refractivity contribution in [3.63, 3.8) is 0 Å². The van der Waals surface area contributed by atoms with Crippen LogP contribution in [0.5, 0.6) is 0 Å². The van der Waals surface area contributed by atoms with Crippen LogP contribution < -0.4 is 21.9 Å².